The van der Waals surface area contributed by atoms with E-state index in [0.717, 1.165) is 50.8 Å². The van der Waals surface area contributed by atoms with Crippen LogP contribution in [0, 0.1) is 19.8 Å². The first-order valence-electron chi connectivity index (χ1n) is 8.47. The van der Waals surface area contributed by atoms with Gasteiger partial charge in [-0.2, -0.15) is 5.10 Å². The van der Waals surface area contributed by atoms with Gasteiger partial charge in [0.05, 0.1) is 5.69 Å². The lowest BCUT2D eigenvalue weighted by molar-refractivity contribution is 0.108. The van der Waals surface area contributed by atoms with Crippen LogP contribution in [0.3, 0.4) is 0 Å². The summed E-state index contributed by atoms with van der Waals surface area (Å²) in [4.78, 5) is 4.25. The summed E-state index contributed by atoms with van der Waals surface area (Å²) in [5.74, 6) is 1.44. The highest BCUT2D eigenvalue weighted by atomic mass is 127. The number of halogens is 1. The van der Waals surface area contributed by atoms with Crippen molar-refractivity contribution in [3.63, 3.8) is 0 Å². The maximum absolute atomic E-state index is 5.57. The third-order valence-corrected chi connectivity index (χ3v) is 3.76. The third kappa shape index (κ3) is 8.32. The average molecular weight is 451 g/mol. The number of rotatable bonds is 9. The number of hydrogen-bond donors (Lipinski definition) is 2. The number of aliphatic imine (C=N–C) groups is 1. The molecule has 6 nitrogen and oxygen atoms in total. The Hall–Kier alpha value is -0.830. The second-order valence-corrected chi connectivity index (χ2v) is 6.27. The molecule has 140 valence electrons. The summed E-state index contributed by atoms with van der Waals surface area (Å²) in [5.41, 5.74) is 3.66. The summed E-state index contributed by atoms with van der Waals surface area (Å²) in [6.45, 7) is 11.8. The molecule has 0 aliphatic heterocycles. The quantitative estimate of drug-likeness (QED) is 0.262. The predicted molar refractivity (Wildman–Crippen MR) is 111 cm³/mol. The van der Waals surface area contributed by atoms with Gasteiger partial charge in [-0.05, 0) is 38.2 Å². The van der Waals surface area contributed by atoms with Crippen molar-refractivity contribution in [2.75, 3.05) is 33.4 Å². The van der Waals surface area contributed by atoms with Crippen molar-refractivity contribution in [1.82, 2.24) is 20.4 Å². The molecule has 2 N–H and O–H groups in total. The summed E-state index contributed by atoms with van der Waals surface area (Å²) in [6.07, 6.45) is 1.93. The van der Waals surface area contributed by atoms with E-state index in [1.165, 1.54) is 11.3 Å². The number of guanidine groups is 1. The van der Waals surface area contributed by atoms with Crippen LogP contribution in [0.15, 0.2) is 4.99 Å². The fraction of sp³-hybridized carbons (Fsp3) is 0.765. The average Bonchev–Trinajstić information content (AvgIpc) is 2.74. The van der Waals surface area contributed by atoms with E-state index < -0.39 is 0 Å². The van der Waals surface area contributed by atoms with E-state index in [4.69, 9.17) is 4.74 Å². The van der Waals surface area contributed by atoms with Crippen molar-refractivity contribution in [2.45, 2.75) is 40.5 Å². The topological polar surface area (TPSA) is 63.5 Å². The minimum atomic E-state index is 0. The first-order valence-corrected chi connectivity index (χ1v) is 8.47. The van der Waals surface area contributed by atoms with Crippen LogP contribution in [0.2, 0.25) is 0 Å². The fourth-order valence-electron chi connectivity index (χ4n) is 2.41. The molecule has 1 aromatic heterocycles. The lowest BCUT2D eigenvalue weighted by atomic mass is 10.1. The van der Waals surface area contributed by atoms with E-state index >= 15 is 0 Å². The fourth-order valence-corrected chi connectivity index (χ4v) is 2.41. The minimum Gasteiger partial charge on any atom is -0.381 e. The maximum atomic E-state index is 5.57. The van der Waals surface area contributed by atoms with Crippen molar-refractivity contribution in [3.8, 4) is 0 Å². The molecule has 1 heterocycles. The Balaban J connectivity index is 0.00000529. The Morgan fingerprint density at radius 3 is 2.46 bits per heavy atom. The van der Waals surface area contributed by atoms with Crippen molar-refractivity contribution in [3.05, 3.63) is 17.0 Å². The van der Waals surface area contributed by atoms with Gasteiger partial charge < -0.3 is 15.4 Å². The van der Waals surface area contributed by atoms with Crippen molar-refractivity contribution in [2.24, 2.45) is 18.0 Å². The summed E-state index contributed by atoms with van der Waals surface area (Å²) in [5, 5.41) is 11.1. The molecule has 24 heavy (non-hydrogen) atoms. The zero-order valence-corrected chi connectivity index (χ0v) is 18.3. The molecule has 0 saturated carbocycles. The van der Waals surface area contributed by atoms with Gasteiger partial charge in [-0.3, -0.25) is 9.67 Å². The molecule has 0 unspecified atom stereocenters. The largest absolute Gasteiger partial charge is 0.381 e. The SMILES string of the molecule is CN=C(NCCCOCC(C)C)NCCc1c(C)nn(C)c1C.I. The van der Waals surface area contributed by atoms with Gasteiger partial charge in [0.15, 0.2) is 5.96 Å². The predicted octanol–water partition coefficient (Wildman–Crippen LogP) is 2.43. The number of nitrogens with one attached hydrogen (secondary N) is 2. The van der Waals surface area contributed by atoms with Gasteiger partial charge in [-0.25, -0.2) is 0 Å². The van der Waals surface area contributed by atoms with Crippen LogP contribution >= 0.6 is 24.0 Å². The summed E-state index contributed by atoms with van der Waals surface area (Å²) < 4.78 is 7.51. The van der Waals surface area contributed by atoms with Crippen LogP contribution in [0.1, 0.15) is 37.2 Å². The van der Waals surface area contributed by atoms with Crippen LogP contribution in [0.5, 0.6) is 0 Å². The van der Waals surface area contributed by atoms with E-state index in [1.807, 2.05) is 11.7 Å². The molecule has 0 amide bonds. The van der Waals surface area contributed by atoms with Crippen LogP contribution in [-0.2, 0) is 18.2 Å². The van der Waals surface area contributed by atoms with E-state index in [1.54, 1.807) is 7.05 Å². The Morgan fingerprint density at radius 2 is 1.92 bits per heavy atom. The maximum Gasteiger partial charge on any atom is 0.190 e. The standard InChI is InChI=1S/C17H33N5O.HI/c1-13(2)12-23-11-7-9-19-17(18-5)20-10-8-16-14(3)21-22(6)15(16)4;/h13H,7-12H2,1-6H3,(H2,18,19,20);1H. The Morgan fingerprint density at radius 1 is 1.25 bits per heavy atom. The first kappa shape index (κ1) is 23.2. The number of aryl methyl sites for hydroxylation is 2. The first-order chi connectivity index (χ1) is 11.0. The highest BCUT2D eigenvalue weighted by Gasteiger charge is 2.08. The zero-order valence-electron chi connectivity index (χ0n) is 16.0. The van der Waals surface area contributed by atoms with E-state index in [0.29, 0.717) is 5.92 Å². The molecule has 0 radical (unpaired) electrons. The van der Waals surface area contributed by atoms with E-state index in [2.05, 4.69) is 48.4 Å². The Labute approximate surface area is 163 Å². The van der Waals surface area contributed by atoms with Crippen molar-refractivity contribution >= 4 is 29.9 Å². The Kier molecular flexibility index (Phi) is 12.1. The molecular formula is C17H34IN5O. The van der Waals surface area contributed by atoms with Gasteiger partial charge in [0.1, 0.15) is 0 Å². The minimum absolute atomic E-state index is 0. The zero-order chi connectivity index (χ0) is 17.2. The van der Waals surface area contributed by atoms with Crippen LogP contribution in [0.4, 0.5) is 0 Å². The molecule has 0 spiro atoms. The van der Waals surface area contributed by atoms with Gasteiger partial charge >= 0.3 is 0 Å². The number of aromatic nitrogens is 2. The molecule has 0 saturated heterocycles. The second-order valence-electron chi connectivity index (χ2n) is 6.27. The molecule has 1 aromatic rings. The Bertz CT molecular complexity index is 499. The van der Waals surface area contributed by atoms with Gasteiger partial charge in [-0.1, -0.05) is 13.8 Å². The lowest BCUT2D eigenvalue weighted by Gasteiger charge is -2.12. The molecule has 0 aliphatic rings. The summed E-state index contributed by atoms with van der Waals surface area (Å²) in [6, 6.07) is 0. The monoisotopic (exact) mass is 451 g/mol. The van der Waals surface area contributed by atoms with Crippen LogP contribution in [0.25, 0.3) is 0 Å². The molecule has 0 bridgehead atoms. The second kappa shape index (κ2) is 12.5. The number of hydrogen-bond acceptors (Lipinski definition) is 3. The molecule has 0 aliphatic carbocycles. The normalized spacial score (nSPS) is 11.5. The highest BCUT2D eigenvalue weighted by Crippen LogP contribution is 2.11. The molecule has 0 fully saturated rings. The third-order valence-electron chi connectivity index (χ3n) is 3.76. The van der Waals surface area contributed by atoms with Crippen LogP contribution in [-0.4, -0.2) is 49.1 Å². The van der Waals surface area contributed by atoms with Crippen molar-refractivity contribution < 1.29 is 4.74 Å². The number of nitrogens with zero attached hydrogens (tertiary/aromatic N) is 3. The molecule has 0 aromatic carbocycles. The molecule has 7 heteroatoms. The van der Waals surface area contributed by atoms with Crippen molar-refractivity contribution in [1.29, 1.82) is 0 Å². The summed E-state index contributed by atoms with van der Waals surface area (Å²) in [7, 11) is 3.78. The van der Waals surface area contributed by atoms with Crippen LogP contribution < -0.4 is 10.6 Å². The number of ether oxygens (including phenoxy) is 1. The molecular weight excluding hydrogens is 417 g/mol. The van der Waals surface area contributed by atoms with E-state index in [-0.39, 0.29) is 24.0 Å². The lowest BCUT2D eigenvalue weighted by Crippen LogP contribution is -2.39. The molecule has 0 atom stereocenters. The van der Waals surface area contributed by atoms with E-state index in [9.17, 15) is 0 Å². The van der Waals surface area contributed by atoms with Gasteiger partial charge in [0.2, 0.25) is 0 Å². The van der Waals surface area contributed by atoms with Gasteiger partial charge in [-0.15, -0.1) is 24.0 Å². The smallest absolute Gasteiger partial charge is 0.190 e. The summed E-state index contributed by atoms with van der Waals surface area (Å²) >= 11 is 0. The van der Waals surface area contributed by atoms with Gasteiger partial charge in [0.25, 0.3) is 0 Å². The highest BCUT2D eigenvalue weighted by molar-refractivity contribution is 14.0. The molecule has 1 rings (SSSR count). The van der Waals surface area contributed by atoms with Gasteiger partial charge in [0, 0.05) is 46.1 Å².